The molecule has 0 saturated heterocycles. The maximum atomic E-state index is 12.7. The highest BCUT2D eigenvalue weighted by atomic mass is 16.6. The van der Waals surface area contributed by atoms with E-state index in [4.69, 9.17) is 10.5 Å². The van der Waals surface area contributed by atoms with Gasteiger partial charge in [0.2, 0.25) is 0 Å². The van der Waals surface area contributed by atoms with Crippen LogP contribution < -0.4 is 5.73 Å². The fourth-order valence-electron chi connectivity index (χ4n) is 3.78. The highest BCUT2D eigenvalue weighted by Gasteiger charge is 2.28. The van der Waals surface area contributed by atoms with E-state index < -0.39 is 5.60 Å². The molecule has 0 saturated carbocycles. The molecule has 4 nitrogen and oxygen atoms in total. The quantitative estimate of drug-likeness (QED) is 0.394. The average Bonchev–Trinajstić information content (AvgIpc) is 2.71. The van der Waals surface area contributed by atoms with Gasteiger partial charge in [0.15, 0.2) is 0 Å². The van der Waals surface area contributed by atoms with Crippen LogP contribution in [0.2, 0.25) is 0 Å². The van der Waals surface area contributed by atoms with Gasteiger partial charge >= 0.3 is 5.97 Å². The first-order chi connectivity index (χ1) is 14.3. The monoisotopic (exact) mass is 410 g/mol. The van der Waals surface area contributed by atoms with Crippen LogP contribution in [-0.2, 0) is 16.1 Å². The van der Waals surface area contributed by atoms with E-state index in [0.29, 0.717) is 13.0 Å². The summed E-state index contributed by atoms with van der Waals surface area (Å²) in [7, 11) is 0. The Morgan fingerprint density at radius 1 is 1.00 bits per heavy atom. The molecule has 0 amide bonds. The first-order valence-corrected chi connectivity index (χ1v) is 11.1. The van der Waals surface area contributed by atoms with E-state index in [1.807, 2.05) is 32.9 Å². The van der Waals surface area contributed by atoms with Crippen molar-refractivity contribution in [3.63, 3.8) is 0 Å². The van der Waals surface area contributed by atoms with Gasteiger partial charge in [0.05, 0.1) is 6.42 Å². The first kappa shape index (κ1) is 24.1. The number of nitrogens with two attached hydrogens (primary N) is 1. The van der Waals surface area contributed by atoms with Gasteiger partial charge in [0.25, 0.3) is 0 Å². The van der Waals surface area contributed by atoms with E-state index >= 15 is 0 Å². The van der Waals surface area contributed by atoms with Crippen molar-refractivity contribution >= 4 is 5.97 Å². The van der Waals surface area contributed by atoms with Crippen molar-refractivity contribution in [3.8, 4) is 0 Å². The van der Waals surface area contributed by atoms with Gasteiger partial charge in [-0.25, -0.2) is 0 Å². The van der Waals surface area contributed by atoms with Crippen LogP contribution >= 0.6 is 0 Å². The molecular weight excluding hydrogens is 372 g/mol. The Bertz CT molecular complexity index is 741. The second kappa shape index (κ2) is 11.9. The fraction of sp³-hybridized carbons (Fsp3) is 0.500. The van der Waals surface area contributed by atoms with Crippen LogP contribution in [0.1, 0.15) is 70.5 Å². The lowest BCUT2D eigenvalue weighted by atomic mass is 9.98. The van der Waals surface area contributed by atoms with Crippen LogP contribution in [0.25, 0.3) is 0 Å². The van der Waals surface area contributed by atoms with E-state index in [1.165, 1.54) is 11.1 Å². The van der Waals surface area contributed by atoms with Gasteiger partial charge in [-0.05, 0) is 58.2 Å². The fourth-order valence-corrected chi connectivity index (χ4v) is 3.78. The molecular formula is C26H38N2O2. The Morgan fingerprint density at radius 2 is 1.60 bits per heavy atom. The second-order valence-electron chi connectivity index (χ2n) is 8.97. The molecule has 0 heterocycles. The molecule has 0 aromatic heterocycles. The van der Waals surface area contributed by atoms with Crippen molar-refractivity contribution in [1.82, 2.24) is 4.90 Å². The van der Waals surface area contributed by atoms with Crippen molar-refractivity contribution in [2.45, 2.75) is 77.6 Å². The molecule has 2 aromatic carbocycles. The maximum Gasteiger partial charge on any atom is 0.307 e. The van der Waals surface area contributed by atoms with E-state index in [9.17, 15) is 4.79 Å². The molecule has 0 spiro atoms. The number of benzene rings is 2. The highest BCUT2D eigenvalue weighted by Crippen LogP contribution is 2.29. The Kier molecular flexibility index (Phi) is 9.54. The minimum absolute atomic E-state index is 0.0850. The van der Waals surface area contributed by atoms with Gasteiger partial charge < -0.3 is 10.5 Å². The first-order valence-electron chi connectivity index (χ1n) is 11.1. The topological polar surface area (TPSA) is 55.6 Å². The summed E-state index contributed by atoms with van der Waals surface area (Å²) in [6.07, 6.45) is 3.26. The summed E-state index contributed by atoms with van der Waals surface area (Å²) in [6, 6.07) is 21.2. The van der Waals surface area contributed by atoms with Crippen LogP contribution in [0.4, 0.5) is 0 Å². The minimum Gasteiger partial charge on any atom is -0.460 e. The summed E-state index contributed by atoms with van der Waals surface area (Å²) in [5, 5.41) is 0. The van der Waals surface area contributed by atoms with Gasteiger partial charge in [-0.1, -0.05) is 67.1 Å². The summed E-state index contributed by atoms with van der Waals surface area (Å²) in [5.41, 5.74) is 7.76. The van der Waals surface area contributed by atoms with Gasteiger partial charge in [0, 0.05) is 18.6 Å². The lowest BCUT2D eigenvalue weighted by Crippen LogP contribution is -2.39. The normalized spacial score (nSPS) is 13.8. The lowest BCUT2D eigenvalue weighted by Gasteiger charge is -2.37. The number of hydrogen-bond donors (Lipinski definition) is 1. The van der Waals surface area contributed by atoms with Gasteiger partial charge in [0.1, 0.15) is 5.60 Å². The molecule has 0 aliphatic rings. The number of ether oxygens (including phenoxy) is 1. The molecule has 2 N–H and O–H groups in total. The van der Waals surface area contributed by atoms with Crippen molar-refractivity contribution in [2.75, 3.05) is 6.54 Å². The third-order valence-corrected chi connectivity index (χ3v) is 5.27. The standard InChI is InChI=1S/C26H38N2O2/c1-21(23-15-9-6-10-16-23)28(20-22-13-7-5-8-14-22)24(17-11-12-18-27)19-25(29)30-26(2,3)4/h5-10,13-16,21,24H,11-12,17-20,27H2,1-4H3/t21-,24-/m0/s1. The van der Waals surface area contributed by atoms with E-state index in [-0.39, 0.29) is 18.1 Å². The smallest absolute Gasteiger partial charge is 0.307 e. The number of nitrogens with zero attached hydrogens (tertiary/aromatic N) is 1. The van der Waals surface area contributed by atoms with Gasteiger partial charge in [-0.2, -0.15) is 0 Å². The van der Waals surface area contributed by atoms with Crippen molar-refractivity contribution in [2.24, 2.45) is 5.73 Å². The Morgan fingerprint density at radius 3 is 2.17 bits per heavy atom. The molecule has 0 fully saturated rings. The van der Waals surface area contributed by atoms with Gasteiger partial charge in [-0.3, -0.25) is 9.69 Å². The van der Waals surface area contributed by atoms with E-state index in [2.05, 4.69) is 60.4 Å². The van der Waals surface area contributed by atoms with E-state index in [1.54, 1.807) is 0 Å². The average molecular weight is 411 g/mol. The van der Waals surface area contributed by atoms with E-state index in [0.717, 1.165) is 25.8 Å². The molecule has 4 heteroatoms. The molecule has 0 bridgehead atoms. The number of rotatable bonds is 11. The minimum atomic E-state index is -0.478. The largest absolute Gasteiger partial charge is 0.460 e. The number of carbonyl (C=O) groups excluding carboxylic acids is 1. The van der Waals surface area contributed by atoms with Crippen LogP contribution in [0.5, 0.6) is 0 Å². The van der Waals surface area contributed by atoms with Crippen LogP contribution in [0, 0.1) is 0 Å². The maximum absolute atomic E-state index is 12.7. The molecule has 0 radical (unpaired) electrons. The second-order valence-corrected chi connectivity index (χ2v) is 8.97. The summed E-state index contributed by atoms with van der Waals surface area (Å²) in [6.45, 7) is 9.44. The molecule has 2 rings (SSSR count). The van der Waals surface area contributed by atoms with Crippen LogP contribution in [0.15, 0.2) is 60.7 Å². The summed E-state index contributed by atoms with van der Waals surface area (Å²) < 4.78 is 5.67. The number of esters is 1. The molecule has 2 atom stereocenters. The summed E-state index contributed by atoms with van der Waals surface area (Å²) in [5.74, 6) is -0.140. The number of carbonyl (C=O) groups is 1. The summed E-state index contributed by atoms with van der Waals surface area (Å²) in [4.78, 5) is 15.2. The molecule has 164 valence electrons. The Labute approximate surface area is 182 Å². The Balaban J connectivity index is 2.30. The van der Waals surface area contributed by atoms with Crippen LogP contribution in [-0.4, -0.2) is 29.1 Å². The third-order valence-electron chi connectivity index (χ3n) is 5.27. The molecule has 2 aromatic rings. The highest BCUT2D eigenvalue weighted by molar-refractivity contribution is 5.70. The van der Waals surface area contributed by atoms with Crippen molar-refractivity contribution in [1.29, 1.82) is 0 Å². The van der Waals surface area contributed by atoms with Crippen LogP contribution in [0.3, 0.4) is 0 Å². The SMILES string of the molecule is C[C@@H](c1ccccc1)N(Cc1ccccc1)[C@@H](CCCCN)CC(=O)OC(C)(C)C. The predicted octanol–water partition coefficient (Wildman–Crippen LogP) is 5.48. The number of hydrogen-bond acceptors (Lipinski definition) is 4. The van der Waals surface area contributed by atoms with Gasteiger partial charge in [-0.15, -0.1) is 0 Å². The molecule has 0 unspecified atom stereocenters. The zero-order valence-electron chi connectivity index (χ0n) is 19.0. The molecule has 0 aliphatic heterocycles. The lowest BCUT2D eigenvalue weighted by molar-refractivity contribution is -0.156. The zero-order valence-corrected chi connectivity index (χ0v) is 19.0. The van der Waals surface area contributed by atoms with Crippen molar-refractivity contribution < 1.29 is 9.53 Å². The number of unbranched alkanes of at least 4 members (excludes halogenated alkanes) is 1. The third kappa shape index (κ3) is 8.29. The predicted molar refractivity (Wildman–Crippen MR) is 124 cm³/mol. The zero-order chi connectivity index (χ0) is 22.0. The summed E-state index contributed by atoms with van der Waals surface area (Å²) >= 11 is 0. The Hall–Kier alpha value is -2.17. The molecule has 30 heavy (non-hydrogen) atoms. The molecule has 0 aliphatic carbocycles. The van der Waals surface area contributed by atoms with Crippen molar-refractivity contribution in [3.05, 3.63) is 71.8 Å².